The number of esters is 4. The van der Waals surface area contributed by atoms with Crippen molar-refractivity contribution in [1.29, 1.82) is 0 Å². The van der Waals surface area contributed by atoms with Gasteiger partial charge in [0.2, 0.25) is 0 Å². The van der Waals surface area contributed by atoms with Crippen molar-refractivity contribution in [3.8, 4) is 0 Å². The topological polar surface area (TPSA) is 227 Å². The zero-order valence-corrected chi connectivity index (χ0v) is 18.4. The lowest BCUT2D eigenvalue weighted by Gasteiger charge is -2.15. The molecule has 0 N–H and O–H groups in total. The number of cyclic esters (lactones) is 6. The van der Waals surface area contributed by atoms with Gasteiger partial charge in [-0.25, -0.2) is 21.5 Å². The summed E-state index contributed by atoms with van der Waals surface area (Å²) in [5, 5.41) is 0. The number of carbonyl (C=O) groups excluding carboxylic acids is 5. The molecule has 0 aromatic heterocycles. The molecule has 4 atom stereocenters. The largest absolute Gasteiger partial charge is 0.509 e. The highest BCUT2D eigenvalue weighted by atomic mass is 32.3. The second-order valence-corrected chi connectivity index (χ2v) is 9.48. The second kappa shape index (κ2) is 10.3. The number of ether oxygens (including phenoxy) is 4. The molecule has 17 nitrogen and oxygen atoms in total. The molecule has 0 saturated carbocycles. The summed E-state index contributed by atoms with van der Waals surface area (Å²) in [4.78, 5) is 55.9. The molecular formula is C15H16O17S2. The highest BCUT2D eigenvalue weighted by molar-refractivity contribution is 7.82. The lowest BCUT2D eigenvalue weighted by molar-refractivity contribution is -0.155. The summed E-state index contributed by atoms with van der Waals surface area (Å²) in [6.45, 7) is -3.24. The molecule has 3 fully saturated rings. The maximum absolute atomic E-state index is 11.8. The molecule has 34 heavy (non-hydrogen) atoms. The molecular weight excluding hydrogens is 516 g/mol. The fourth-order valence-electron chi connectivity index (χ4n) is 2.71. The van der Waals surface area contributed by atoms with Crippen molar-refractivity contribution in [1.82, 2.24) is 0 Å². The van der Waals surface area contributed by atoms with E-state index in [1.54, 1.807) is 0 Å². The van der Waals surface area contributed by atoms with E-state index in [2.05, 4.69) is 35.7 Å². The Morgan fingerprint density at radius 2 is 0.971 bits per heavy atom. The van der Waals surface area contributed by atoms with Crippen LogP contribution >= 0.6 is 0 Å². The first-order valence-electron chi connectivity index (χ1n) is 9.27. The van der Waals surface area contributed by atoms with Crippen LogP contribution < -0.4 is 0 Å². The quantitative estimate of drug-likeness (QED) is 0.145. The number of rotatable bonds is 12. The van der Waals surface area contributed by atoms with Crippen molar-refractivity contribution in [2.75, 3.05) is 26.4 Å². The molecule has 3 aliphatic rings. The van der Waals surface area contributed by atoms with Gasteiger partial charge in [0.25, 0.3) is 0 Å². The maximum Gasteiger partial charge on any atom is 0.509 e. The molecule has 4 unspecified atom stereocenters. The predicted octanol–water partition coefficient (Wildman–Crippen LogP) is -2.37. The fraction of sp³-hybridized carbons (Fsp3) is 0.667. The van der Waals surface area contributed by atoms with E-state index in [0.717, 1.165) is 0 Å². The van der Waals surface area contributed by atoms with Crippen LogP contribution in [0.4, 0.5) is 4.79 Å². The van der Waals surface area contributed by atoms with Gasteiger partial charge in [0.05, 0.1) is 37.9 Å². The van der Waals surface area contributed by atoms with Gasteiger partial charge in [0, 0.05) is 0 Å². The van der Waals surface area contributed by atoms with Crippen molar-refractivity contribution < 1.29 is 76.5 Å². The Balaban J connectivity index is 1.45. The van der Waals surface area contributed by atoms with Gasteiger partial charge in [-0.1, -0.05) is 0 Å². The monoisotopic (exact) mass is 532 g/mol. The Morgan fingerprint density at radius 1 is 0.618 bits per heavy atom. The first-order chi connectivity index (χ1) is 15.8. The summed E-state index contributed by atoms with van der Waals surface area (Å²) >= 11 is 0. The van der Waals surface area contributed by atoms with Gasteiger partial charge >= 0.3 is 50.8 Å². The smallest absolute Gasteiger partial charge is 0.424 e. The van der Waals surface area contributed by atoms with Gasteiger partial charge in [-0.15, -0.1) is 0 Å². The van der Waals surface area contributed by atoms with Gasteiger partial charge in [0.15, 0.2) is 12.2 Å². The molecule has 0 amide bonds. The highest BCUT2D eigenvalue weighted by Gasteiger charge is 2.41. The molecule has 0 radical (unpaired) electrons. The summed E-state index contributed by atoms with van der Waals surface area (Å²) in [6.07, 6.45) is -4.95. The van der Waals surface area contributed by atoms with E-state index < -0.39 is 101 Å². The third-order valence-electron chi connectivity index (χ3n) is 4.41. The van der Waals surface area contributed by atoms with Crippen molar-refractivity contribution in [2.45, 2.75) is 25.0 Å². The van der Waals surface area contributed by atoms with Crippen LogP contribution in [0.1, 0.15) is 12.8 Å². The van der Waals surface area contributed by atoms with Crippen LogP contribution in [-0.4, -0.2) is 85.5 Å². The zero-order valence-electron chi connectivity index (χ0n) is 16.8. The van der Waals surface area contributed by atoms with E-state index in [9.17, 15) is 40.8 Å². The van der Waals surface area contributed by atoms with Gasteiger partial charge in [-0.3, -0.25) is 19.2 Å². The number of carbonyl (C=O) groups is 5. The van der Waals surface area contributed by atoms with Gasteiger partial charge in [0.1, 0.15) is 13.2 Å². The third-order valence-corrected chi connectivity index (χ3v) is 6.11. The van der Waals surface area contributed by atoms with Crippen LogP contribution in [0.15, 0.2) is 0 Å². The van der Waals surface area contributed by atoms with Crippen LogP contribution in [0, 0.1) is 11.8 Å². The summed E-state index contributed by atoms with van der Waals surface area (Å²) in [5.74, 6) is -5.90. The standard InChI is InChI=1S/C15H16O17S2/c16-11-1-7(13(18)31-11)3-25-33(21,22)27-5-9-10(30-15(20)29-9)6-28-34(23,24)26-4-8-2-12(17)32-14(8)19/h7-10H,1-6H2. The molecule has 0 bridgehead atoms. The molecule has 3 aliphatic heterocycles. The van der Waals surface area contributed by atoms with Gasteiger partial charge in [-0.05, 0) is 0 Å². The van der Waals surface area contributed by atoms with Crippen molar-refractivity contribution in [2.24, 2.45) is 11.8 Å². The van der Waals surface area contributed by atoms with Gasteiger partial charge < -0.3 is 18.9 Å². The van der Waals surface area contributed by atoms with E-state index in [1.807, 2.05) is 0 Å². The van der Waals surface area contributed by atoms with Crippen molar-refractivity contribution in [3.05, 3.63) is 0 Å². The Kier molecular flexibility index (Phi) is 7.83. The first-order valence-corrected chi connectivity index (χ1v) is 11.9. The Bertz CT molecular complexity index is 992. The number of hydrogen-bond donors (Lipinski definition) is 0. The number of hydrogen-bond acceptors (Lipinski definition) is 17. The van der Waals surface area contributed by atoms with E-state index in [4.69, 9.17) is 0 Å². The van der Waals surface area contributed by atoms with E-state index in [-0.39, 0.29) is 12.8 Å². The Morgan fingerprint density at radius 3 is 1.29 bits per heavy atom. The SMILES string of the molecule is O=C1CC(COS(=O)(=O)OCC2OC(=O)OC2COS(=O)(=O)OCC2CC(=O)OC2=O)C(=O)O1. The molecule has 190 valence electrons. The minimum Gasteiger partial charge on any atom is -0.424 e. The Hall–Kier alpha value is -2.71. The third kappa shape index (κ3) is 7.14. The lowest BCUT2D eigenvalue weighted by Crippen LogP contribution is -2.34. The minimum atomic E-state index is -4.73. The molecule has 0 spiro atoms. The zero-order chi connectivity index (χ0) is 25.1. The second-order valence-electron chi connectivity index (χ2n) is 6.91. The van der Waals surface area contributed by atoms with E-state index >= 15 is 0 Å². The average Bonchev–Trinajstić information content (AvgIpc) is 3.37. The van der Waals surface area contributed by atoms with Crippen LogP contribution in [0.25, 0.3) is 0 Å². The molecule has 3 rings (SSSR count). The van der Waals surface area contributed by atoms with Gasteiger partial charge in [-0.2, -0.15) is 16.8 Å². The maximum atomic E-state index is 11.8. The first kappa shape index (κ1) is 25.9. The van der Waals surface area contributed by atoms with E-state index in [1.165, 1.54) is 0 Å². The van der Waals surface area contributed by atoms with Crippen LogP contribution in [0.3, 0.4) is 0 Å². The van der Waals surface area contributed by atoms with E-state index in [0.29, 0.717) is 0 Å². The summed E-state index contributed by atoms with van der Waals surface area (Å²) in [7, 11) is -9.46. The lowest BCUT2D eigenvalue weighted by atomic mass is 10.1. The van der Waals surface area contributed by atoms with Crippen molar-refractivity contribution >= 4 is 50.8 Å². The molecule has 3 saturated heterocycles. The molecule has 0 aromatic rings. The normalized spacial score (nSPS) is 27.5. The van der Waals surface area contributed by atoms with Crippen LogP contribution in [-0.2, 0) is 75.7 Å². The Labute approximate surface area is 191 Å². The van der Waals surface area contributed by atoms with Crippen LogP contribution in [0.5, 0.6) is 0 Å². The highest BCUT2D eigenvalue weighted by Crippen LogP contribution is 2.21. The fourth-order valence-corrected chi connectivity index (χ4v) is 4.11. The summed E-state index contributed by atoms with van der Waals surface area (Å²) in [5.41, 5.74) is 0. The van der Waals surface area contributed by atoms with Crippen molar-refractivity contribution in [3.63, 3.8) is 0 Å². The summed E-state index contributed by atoms with van der Waals surface area (Å²) < 4.78 is 83.1. The molecule has 3 heterocycles. The molecule has 0 aromatic carbocycles. The average molecular weight is 532 g/mol. The molecule has 0 aliphatic carbocycles. The predicted molar refractivity (Wildman–Crippen MR) is 95.2 cm³/mol. The minimum absolute atomic E-state index is 0.378. The molecule has 19 heteroatoms. The summed E-state index contributed by atoms with van der Waals surface area (Å²) in [6, 6.07) is 0. The van der Waals surface area contributed by atoms with Crippen LogP contribution in [0.2, 0.25) is 0 Å².